The highest BCUT2D eigenvalue weighted by molar-refractivity contribution is 5.78. The molecule has 0 radical (unpaired) electrons. The largest absolute Gasteiger partial charge is 0.389 e. The van der Waals surface area contributed by atoms with Crippen LogP contribution >= 0.6 is 0 Å². The minimum atomic E-state index is -0.798. The van der Waals surface area contributed by atoms with Gasteiger partial charge in [0.15, 0.2) is 0 Å². The summed E-state index contributed by atoms with van der Waals surface area (Å²) in [6.45, 7) is 11.2. The Bertz CT molecular complexity index is 452. The van der Waals surface area contributed by atoms with Gasteiger partial charge in [-0.05, 0) is 31.9 Å². The van der Waals surface area contributed by atoms with Crippen LogP contribution in [0.2, 0.25) is 0 Å². The lowest BCUT2D eigenvalue weighted by atomic mass is 9.96. The van der Waals surface area contributed by atoms with Crippen LogP contribution in [0.5, 0.6) is 0 Å². The minimum absolute atomic E-state index is 0.00588. The molecule has 22 heavy (non-hydrogen) atoms. The van der Waals surface area contributed by atoms with E-state index in [1.54, 1.807) is 13.8 Å². The summed E-state index contributed by atoms with van der Waals surface area (Å²) < 4.78 is 0. The fraction of sp³-hybridized carbons (Fsp3) is 0.611. The number of benzene rings is 1. The Balaban J connectivity index is 2.68. The summed E-state index contributed by atoms with van der Waals surface area (Å²) in [7, 11) is 0. The molecule has 0 saturated heterocycles. The number of amides is 1. The van der Waals surface area contributed by atoms with Gasteiger partial charge in [-0.3, -0.25) is 9.69 Å². The standard InChI is InChI=1S/C18H30N2O2/c1-6-20(13-18(4,5)22)12-16(21)19-17(14(2)3)15-10-8-7-9-11-15/h7-11,14,17,22H,6,12-13H2,1-5H3,(H,19,21). The molecule has 0 bridgehead atoms. The smallest absolute Gasteiger partial charge is 0.234 e. The second-order valence-corrected chi connectivity index (χ2v) is 6.82. The van der Waals surface area contributed by atoms with Crippen molar-refractivity contribution in [2.24, 2.45) is 5.92 Å². The Labute approximate surface area is 134 Å². The van der Waals surface area contributed by atoms with Crippen LogP contribution in [0.4, 0.5) is 0 Å². The van der Waals surface area contributed by atoms with Crippen LogP contribution in [0.15, 0.2) is 30.3 Å². The van der Waals surface area contributed by atoms with E-state index in [0.29, 0.717) is 19.0 Å². The summed E-state index contributed by atoms with van der Waals surface area (Å²) in [6.07, 6.45) is 0. The highest BCUT2D eigenvalue weighted by Crippen LogP contribution is 2.21. The van der Waals surface area contributed by atoms with Gasteiger partial charge in [-0.1, -0.05) is 51.1 Å². The van der Waals surface area contributed by atoms with Crippen molar-refractivity contribution in [3.8, 4) is 0 Å². The van der Waals surface area contributed by atoms with E-state index in [0.717, 1.165) is 12.1 Å². The third-order valence-corrected chi connectivity index (χ3v) is 3.57. The molecule has 1 aromatic rings. The van der Waals surface area contributed by atoms with E-state index in [1.807, 2.05) is 42.2 Å². The Morgan fingerprint density at radius 1 is 1.27 bits per heavy atom. The first kappa shape index (κ1) is 18.7. The molecular weight excluding hydrogens is 276 g/mol. The van der Waals surface area contributed by atoms with Crippen LogP contribution < -0.4 is 5.32 Å². The highest BCUT2D eigenvalue weighted by Gasteiger charge is 2.22. The predicted molar refractivity (Wildman–Crippen MR) is 90.6 cm³/mol. The molecule has 1 amide bonds. The van der Waals surface area contributed by atoms with E-state index in [9.17, 15) is 9.90 Å². The first-order valence-corrected chi connectivity index (χ1v) is 8.02. The number of hydrogen-bond acceptors (Lipinski definition) is 3. The molecule has 4 heteroatoms. The molecule has 0 aliphatic heterocycles. The zero-order valence-corrected chi connectivity index (χ0v) is 14.5. The maximum absolute atomic E-state index is 12.4. The Kier molecular flexibility index (Phi) is 7.04. The molecule has 2 N–H and O–H groups in total. The highest BCUT2D eigenvalue weighted by atomic mass is 16.3. The zero-order valence-electron chi connectivity index (χ0n) is 14.5. The predicted octanol–water partition coefficient (Wildman–Crippen LogP) is 2.59. The molecule has 1 atom stereocenters. The van der Waals surface area contributed by atoms with Crippen molar-refractivity contribution in [2.45, 2.75) is 46.3 Å². The summed E-state index contributed by atoms with van der Waals surface area (Å²) in [5.74, 6) is 0.310. The fourth-order valence-electron chi connectivity index (χ4n) is 2.54. The number of rotatable bonds is 8. The Morgan fingerprint density at radius 2 is 1.86 bits per heavy atom. The number of nitrogens with one attached hydrogen (secondary N) is 1. The number of carbonyl (C=O) groups is 1. The molecule has 0 saturated carbocycles. The van der Waals surface area contributed by atoms with E-state index in [1.165, 1.54) is 0 Å². The van der Waals surface area contributed by atoms with Gasteiger partial charge in [-0.15, -0.1) is 0 Å². The first-order chi connectivity index (χ1) is 10.2. The van der Waals surface area contributed by atoms with E-state index in [2.05, 4.69) is 19.2 Å². The third kappa shape index (κ3) is 6.58. The van der Waals surface area contributed by atoms with Gasteiger partial charge in [0.1, 0.15) is 0 Å². The second kappa shape index (κ2) is 8.30. The monoisotopic (exact) mass is 306 g/mol. The summed E-state index contributed by atoms with van der Waals surface area (Å²) in [4.78, 5) is 14.3. The summed E-state index contributed by atoms with van der Waals surface area (Å²) in [5.41, 5.74) is 0.323. The van der Waals surface area contributed by atoms with Crippen LogP contribution in [0.3, 0.4) is 0 Å². The molecule has 1 aromatic carbocycles. The van der Waals surface area contributed by atoms with Gasteiger partial charge < -0.3 is 10.4 Å². The zero-order chi connectivity index (χ0) is 16.8. The van der Waals surface area contributed by atoms with E-state index in [4.69, 9.17) is 0 Å². The van der Waals surface area contributed by atoms with E-state index >= 15 is 0 Å². The quantitative estimate of drug-likeness (QED) is 0.776. The molecule has 124 valence electrons. The SMILES string of the molecule is CCN(CC(=O)NC(c1ccccc1)C(C)C)CC(C)(C)O. The topological polar surface area (TPSA) is 52.6 Å². The van der Waals surface area contributed by atoms with Crippen molar-refractivity contribution in [3.05, 3.63) is 35.9 Å². The molecule has 0 fully saturated rings. The molecule has 4 nitrogen and oxygen atoms in total. The van der Waals surface area contributed by atoms with Gasteiger partial charge in [0.05, 0.1) is 18.2 Å². The van der Waals surface area contributed by atoms with Crippen molar-refractivity contribution in [1.29, 1.82) is 0 Å². The normalized spacial score (nSPS) is 13.5. The lowest BCUT2D eigenvalue weighted by molar-refractivity contribution is -0.123. The van der Waals surface area contributed by atoms with E-state index in [-0.39, 0.29) is 11.9 Å². The maximum atomic E-state index is 12.4. The van der Waals surface area contributed by atoms with Crippen molar-refractivity contribution in [2.75, 3.05) is 19.6 Å². The van der Waals surface area contributed by atoms with Crippen LogP contribution in [0.1, 0.15) is 46.2 Å². The number of likely N-dealkylation sites (N-methyl/N-ethyl adjacent to an activating group) is 1. The van der Waals surface area contributed by atoms with E-state index < -0.39 is 5.60 Å². The van der Waals surface area contributed by atoms with Crippen molar-refractivity contribution >= 4 is 5.91 Å². The summed E-state index contributed by atoms with van der Waals surface area (Å²) in [5, 5.41) is 13.0. The van der Waals surface area contributed by atoms with Gasteiger partial charge in [0, 0.05) is 6.54 Å². The average molecular weight is 306 g/mol. The van der Waals surface area contributed by atoms with Crippen molar-refractivity contribution in [3.63, 3.8) is 0 Å². The molecule has 0 aliphatic carbocycles. The number of hydrogen-bond donors (Lipinski definition) is 2. The van der Waals surface area contributed by atoms with Gasteiger partial charge in [0.25, 0.3) is 0 Å². The number of aliphatic hydroxyl groups is 1. The second-order valence-electron chi connectivity index (χ2n) is 6.82. The van der Waals surface area contributed by atoms with Gasteiger partial charge >= 0.3 is 0 Å². The van der Waals surface area contributed by atoms with Gasteiger partial charge in [0.2, 0.25) is 5.91 Å². The Morgan fingerprint density at radius 3 is 2.32 bits per heavy atom. The first-order valence-electron chi connectivity index (χ1n) is 8.02. The number of nitrogens with zero attached hydrogens (tertiary/aromatic N) is 1. The van der Waals surface area contributed by atoms with Crippen molar-refractivity contribution in [1.82, 2.24) is 10.2 Å². The maximum Gasteiger partial charge on any atom is 0.234 e. The molecule has 0 heterocycles. The van der Waals surface area contributed by atoms with Crippen LogP contribution in [-0.2, 0) is 4.79 Å². The van der Waals surface area contributed by atoms with Crippen LogP contribution in [-0.4, -0.2) is 41.1 Å². The lowest BCUT2D eigenvalue weighted by Gasteiger charge is -2.29. The minimum Gasteiger partial charge on any atom is -0.389 e. The molecule has 0 aromatic heterocycles. The molecule has 1 unspecified atom stereocenters. The lowest BCUT2D eigenvalue weighted by Crippen LogP contribution is -2.45. The van der Waals surface area contributed by atoms with Gasteiger partial charge in [-0.2, -0.15) is 0 Å². The molecule has 0 spiro atoms. The summed E-state index contributed by atoms with van der Waals surface area (Å²) in [6, 6.07) is 10.0. The average Bonchev–Trinajstić information content (AvgIpc) is 2.43. The molecule has 1 rings (SSSR count). The number of carbonyl (C=O) groups excluding carboxylic acids is 1. The third-order valence-electron chi connectivity index (χ3n) is 3.57. The van der Waals surface area contributed by atoms with Gasteiger partial charge in [-0.25, -0.2) is 0 Å². The molecular formula is C18H30N2O2. The Hall–Kier alpha value is -1.39. The molecule has 0 aliphatic rings. The van der Waals surface area contributed by atoms with Crippen LogP contribution in [0, 0.1) is 5.92 Å². The van der Waals surface area contributed by atoms with Crippen molar-refractivity contribution < 1.29 is 9.90 Å². The van der Waals surface area contributed by atoms with Crippen LogP contribution in [0.25, 0.3) is 0 Å². The summed E-state index contributed by atoms with van der Waals surface area (Å²) >= 11 is 0. The fourth-order valence-corrected chi connectivity index (χ4v) is 2.54.